The van der Waals surface area contributed by atoms with Crippen LogP contribution >= 0.6 is 11.3 Å². The third-order valence-electron chi connectivity index (χ3n) is 2.17. The number of fused-ring (bicyclic) bond motifs is 1. The Kier molecular flexibility index (Phi) is 3.07. The first-order valence-electron chi connectivity index (χ1n) is 5.21. The van der Waals surface area contributed by atoms with Crippen LogP contribution in [0.5, 0.6) is 0 Å². The zero-order chi connectivity index (χ0) is 12.4. The lowest BCUT2D eigenvalue weighted by molar-refractivity contribution is 0.0943. The number of amides is 1. The summed E-state index contributed by atoms with van der Waals surface area (Å²) in [6.45, 7) is 3.83. The van der Waals surface area contributed by atoms with E-state index >= 15 is 0 Å². The number of hydrogen-bond acceptors (Lipinski definition) is 4. The van der Waals surface area contributed by atoms with Crippen LogP contribution in [0.2, 0.25) is 0 Å². The van der Waals surface area contributed by atoms with Gasteiger partial charge < -0.3 is 5.32 Å². The number of carbonyl (C=O) groups is 1. The van der Waals surface area contributed by atoms with Gasteiger partial charge in [-0.2, -0.15) is 5.26 Å². The highest BCUT2D eigenvalue weighted by Crippen LogP contribution is 2.22. The fourth-order valence-corrected chi connectivity index (χ4v) is 2.26. The van der Waals surface area contributed by atoms with E-state index in [1.165, 1.54) is 11.3 Å². The van der Waals surface area contributed by atoms with Crippen molar-refractivity contribution in [3.05, 3.63) is 28.8 Å². The van der Waals surface area contributed by atoms with Crippen LogP contribution in [-0.2, 0) is 0 Å². The monoisotopic (exact) mass is 245 g/mol. The molecule has 0 atom stereocenters. The Balaban J connectivity index is 2.37. The summed E-state index contributed by atoms with van der Waals surface area (Å²) in [6, 6.07) is 7.37. The van der Waals surface area contributed by atoms with Gasteiger partial charge >= 0.3 is 0 Å². The summed E-state index contributed by atoms with van der Waals surface area (Å²) in [4.78, 5) is 15.9. The van der Waals surface area contributed by atoms with Gasteiger partial charge in [0.2, 0.25) is 0 Å². The first-order valence-corrected chi connectivity index (χ1v) is 6.03. The number of hydrogen-bond donors (Lipinski definition) is 1. The molecule has 0 aliphatic heterocycles. The van der Waals surface area contributed by atoms with Crippen molar-refractivity contribution < 1.29 is 4.79 Å². The molecule has 1 aromatic carbocycles. The van der Waals surface area contributed by atoms with E-state index in [9.17, 15) is 4.79 Å². The van der Waals surface area contributed by atoms with Gasteiger partial charge in [0.05, 0.1) is 10.2 Å². The molecule has 0 radical (unpaired) electrons. The molecule has 4 nitrogen and oxygen atoms in total. The van der Waals surface area contributed by atoms with Gasteiger partial charge in [0.1, 0.15) is 6.07 Å². The number of thiazole rings is 1. The Morgan fingerprint density at radius 2 is 2.29 bits per heavy atom. The number of benzene rings is 1. The minimum absolute atomic E-state index is 0.103. The highest BCUT2D eigenvalue weighted by molar-refractivity contribution is 7.19. The zero-order valence-electron chi connectivity index (χ0n) is 9.52. The van der Waals surface area contributed by atoms with Crippen molar-refractivity contribution in [2.75, 3.05) is 0 Å². The van der Waals surface area contributed by atoms with Gasteiger partial charge in [-0.25, -0.2) is 4.98 Å². The van der Waals surface area contributed by atoms with Crippen molar-refractivity contribution in [2.45, 2.75) is 19.9 Å². The standard InChI is InChI=1S/C12H11N3OS/c1-7(2)14-12(16)8-3-4-9-10(5-8)17-11(6-13)15-9/h3-5,7H,1-2H3,(H,14,16). The molecule has 1 amide bonds. The zero-order valence-corrected chi connectivity index (χ0v) is 10.3. The average molecular weight is 245 g/mol. The number of nitriles is 1. The Labute approximate surface area is 103 Å². The van der Waals surface area contributed by atoms with E-state index in [4.69, 9.17) is 5.26 Å². The van der Waals surface area contributed by atoms with E-state index in [1.54, 1.807) is 18.2 Å². The van der Waals surface area contributed by atoms with Crippen LogP contribution in [0, 0.1) is 11.3 Å². The minimum Gasteiger partial charge on any atom is -0.350 e. The van der Waals surface area contributed by atoms with Gasteiger partial charge in [-0.05, 0) is 32.0 Å². The molecular formula is C12H11N3OS. The highest BCUT2D eigenvalue weighted by atomic mass is 32.1. The fourth-order valence-electron chi connectivity index (χ4n) is 1.46. The van der Waals surface area contributed by atoms with Crippen LogP contribution in [0.3, 0.4) is 0 Å². The Morgan fingerprint density at radius 1 is 1.53 bits per heavy atom. The number of aromatic nitrogens is 1. The van der Waals surface area contributed by atoms with Crippen LogP contribution in [0.4, 0.5) is 0 Å². The molecule has 2 rings (SSSR count). The van der Waals surface area contributed by atoms with Gasteiger partial charge in [0.15, 0.2) is 5.01 Å². The van der Waals surface area contributed by atoms with Crippen LogP contribution in [0.1, 0.15) is 29.2 Å². The van der Waals surface area contributed by atoms with Gasteiger partial charge in [-0.15, -0.1) is 11.3 Å². The molecule has 17 heavy (non-hydrogen) atoms. The van der Waals surface area contributed by atoms with Crippen molar-refractivity contribution in [1.82, 2.24) is 10.3 Å². The number of rotatable bonds is 2. The third-order valence-corrected chi connectivity index (χ3v) is 3.09. The van der Waals surface area contributed by atoms with Crippen molar-refractivity contribution in [1.29, 1.82) is 5.26 Å². The first kappa shape index (κ1) is 11.6. The molecule has 0 saturated carbocycles. The molecule has 0 spiro atoms. The molecule has 0 fully saturated rings. The molecule has 0 bridgehead atoms. The second-order valence-electron chi connectivity index (χ2n) is 3.94. The smallest absolute Gasteiger partial charge is 0.251 e. The molecule has 0 aliphatic carbocycles. The Bertz CT molecular complexity index is 610. The normalized spacial score (nSPS) is 10.5. The fraction of sp³-hybridized carbons (Fsp3) is 0.250. The molecule has 0 unspecified atom stereocenters. The van der Waals surface area contributed by atoms with Gasteiger partial charge in [0, 0.05) is 11.6 Å². The van der Waals surface area contributed by atoms with Crippen molar-refractivity contribution in [3.63, 3.8) is 0 Å². The molecule has 1 aromatic heterocycles. The maximum absolute atomic E-state index is 11.8. The second-order valence-corrected chi connectivity index (χ2v) is 4.97. The minimum atomic E-state index is -0.103. The summed E-state index contributed by atoms with van der Waals surface area (Å²) >= 11 is 1.30. The molecule has 86 valence electrons. The number of nitrogens with zero attached hydrogens (tertiary/aromatic N) is 2. The topological polar surface area (TPSA) is 65.8 Å². The van der Waals surface area contributed by atoms with Crippen molar-refractivity contribution in [2.24, 2.45) is 0 Å². The lowest BCUT2D eigenvalue weighted by Gasteiger charge is -2.07. The highest BCUT2D eigenvalue weighted by Gasteiger charge is 2.09. The lowest BCUT2D eigenvalue weighted by atomic mass is 10.2. The van der Waals surface area contributed by atoms with E-state index in [0.29, 0.717) is 10.6 Å². The van der Waals surface area contributed by atoms with Crippen LogP contribution in [-0.4, -0.2) is 16.9 Å². The van der Waals surface area contributed by atoms with E-state index in [2.05, 4.69) is 10.3 Å². The largest absolute Gasteiger partial charge is 0.350 e. The third kappa shape index (κ3) is 2.43. The SMILES string of the molecule is CC(C)NC(=O)c1ccc2nc(C#N)sc2c1. The van der Waals surface area contributed by atoms with Crippen molar-refractivity contribution in [3.8, 4) is 6.07 Å². The average Bonchev–Trinajstić information content (AvgIpc) is 2.69. The summed E-state index contributed by atoms with van der Waals surface area (Å²) in [5, 5.41) is 12.0. The first-order chi connectivity index (χ1) is 8.10. The number of carbonyl (C=O) groups excluding carboxylic acids is 1. The predicted octanol–water partition coefficient (Wildman–Crippen LogP) is 2.31. The maximum Gasteiger partial charge on any atom is 0.251 e. The molecule has 0 saturated heterocycles. The van der Waals surface area contributed by atoms with Gasteiger partial charge in [-0.1, -0.05) is 0 Å². The van der Waals surface area contributed by atoms with Crippen LogP contribution in [0.15, 0.2) is 18.2 Å². The molecule has 1 N–H and O–H groups in total. The summed E-state index contributed by atoms with van der Waals surface area (Å²) in [7, 11) is 0. The summed E-state index contributed by atoms with van der Waals surface area (Å²) in [6.07, 6.45) is 0. The molecule has 0 aliphatic rings. The maximum atomic E-state index is 11.8. The van der Waals surface area contributed by atoms with E-state index in [0.717, 1.165) is 10.2 Å². The number of nitrogens with one attached hydrogen (secondary N) is 1. The predicted molar refractivity (Wildman–Crippen MR) is 66.9 cm³/mol. The molecule has 2 aromatic rings. The van der Waals surface area contributed by atoms with Crippen LogP contribution in [0.25, 0.3) is 10.2 Å². The summed E-state index contributed by atoms with van der Waals surface area (Å²) < 4.78 is 0.859. The molecule has 5 heteroatoms. The van der Waals surface area contributed by atoms with Crippen molar-refractivity contribution >= 4 is 27.5 Å². The van der Waals surface area contributed by atoms with E-state index in [1.807, 2.05) is 19.9 Å². The Hall–Kier alpha value is -1.93. The molecule has 1 heterocycles. The lowest BCUT2D eigenvalue weighted by Crippen LogP contribution is -2.29. The quantitative estimate of drug-likeness (QED) is 0.882. The Morgan fingerprint density at radius 3 is 2.94 bits per heavy atom. The second kappa shape index (κ2) is 4.52. The summed E-state index contributed by atoms with van der Waals surface area (Å²) in [5.74, 6) is -0.103. The van der Waals surface area contributed by atoms with Crippen LogP contribution < -0.4 is 5.32 Å². The van der Waals surface area contributed by atoms with E-state index < -0.39 is 0 Å². The molecular weight excluding hydrogens is 234 g/mol. The van der Waals surface area contributed by atoms with E-state index in [-0.39, 0.29) is 11.9 Å². The van der Waals surface area contributed by atoms with Gasteiger partial charge in [0.25, 0.3) is 5.91 Å². The van der Waals surface area contributed by atoms with Gasteiger partial charge in [-0.3, -0.25) is 4.79 Å². The summed E-state index contributed by atoms with van der Waals surface area (Å²) in [5.41, 5.74) is 1.35.